The van der Waals surface area contributed by atoms with Crippen molar-refractivity contribution < 1.29 is 14.6 Å². The van der Waals surface area contributed by atoms with Gasteiger partial charge in [0, 0.05) is 12.7 Å². The van der Waals surface area contributed by atoms with Gasteiger partial charge in [-0.05, 0) is 23.3 Å². The van der Waals surface area contributed by atoms with Crippen LogP contribution in [0.15, 0.2) is 54.6 Å². The number of rotatable bonds is 6. The van der Waals surface area contributed by atoms with E-state index in [0.717, 1.165) is 11.1 Å². The predicted molar refractivity (Wildman–Crippen MR) is 80.9 cm³/mol. The zero-order chi connectivity index (χ0) is 15.1. The Morgan fingerprint density at radius 2 is 1.81 bits per heavy atom. The van der Waals surface area contributed by atoms with Gasteiger partial charge in [-0.2, -0.15) is 0 Å². The van der Waals surface area contributed by atoms with Gasteiger partial charge in [0.05, 0.1) is 19.3 Å². The van der Waals surface area contributed by atoms with E-state index >= 15 is 0 Å². The molecule has 0 saturated carbocycles. The molecule has 1 atom stereocenters. The second kappa shape index (κ2) is 7.57. The first kappa shape index (κ1) is 15.2. The Labute approximate surface area is 124 Å². The fraction of sp³-hybridized carbons (Fsp3) is 0.235. The molecule has 4 nitrogen and oxygen atoms in total. The maximum absolute atomic E-state index is 12.2. The summed E-state index contributed by atoms with van der Waals surface area (Å²) in [5.41, 5.74) is 2.45. The number of benzene rings is 2. The number of nitrogens with one attached hydrogen (secondary N) is 1. The standard InChI is InChI=1S/C17H19NO3/c1-21-12-13-7-9-15(10-8-13)17(20)18-16(11-19)14-5-3-2-4-6-14/h2-10,16,19H,11-12H2,1H3,(H,18,20)/t16-/m0/s1. The lowest BCUT2D eigenvalue weighted by molar-refractivity contribution is 0.0916. The van der Waals surface area contributed by atoms with Crippen LogP contribution in [0.5, 0.6) is 0 Å². The van der Waals surface area contributed by atoms with Gasteiger partial charge in [0.15, 0.2) is 0 Å². The monoisotopic (exact) mass is 285 g/mol. The predicted octanol–water partition coefficient (Wildman–Crippen LogP) is 2.30. The van der Waals surface area contributed by atoms with E-state index in [1.807, 2.05) is 42.5 Å². The fourth-order valence-corrected chi connectivity index (χ4v) is 2.08. The Hall–Kier alpha value is -2.17. The van der Waals surface area contributed by atoms with Crippen LogP contribution in [0.25, 0.3) is 0 Å². The Morgan fingerprint density at radius 1 is 1.14 bits per heavy atom. The SMILES string of the molecule is COCc1ccc(C(=O)N[C@@H](CO)c2ccccc2)cc1. The van der Waals surface area contributed by atoms with E-state index in [2.05, 4.69) is 5.32 Å². The van der Waals surface area contributed by atoms with Crippen LogP contribution in [0.2, 0.25) is 0 Å². The molecule has 0 aliphatic rings. The number of hydrogen-bond donors (Lipinski definition) is 2. The number of carbonyl (C=O) groups excluding carboxylic acids is 1. The molecule has 0 spiro atoms. The lowest BCUT2D eigenvalue weighted by Crippen LogP contribution is -2.30. The summed E-state index contributed by atoms with van der Waals surface area (Å²) in [7, 11) is 1.63. The topological polar surface area (TPSA) is 58.6 Å². The van der Waals surface area contributed by atoms with Gasteiger partial charge >= 0.3 is 0 Å². The zero-order valence-electron chi connectivity index (χ0n) is 12.0. The molecule has 4 heteroatoms. The Bertz CT molecular complexity index is 566. The molecule has 2 aromatic rings. The Balaban J connectivity index is 2.05. The van der Waals surface area contributed by atoms with Crippen molar-refractivity contribution in [2.24, 2.45) is 0 Å². The van der Waals surface area contributed by atoms with E-state index in [1.165, 1.54) is 0 Å². The minimum absolute atomic E-state index is 0.141. The number of aliphatic hydroxyl groups excluding tert-OH is 1. The summed E-state index contributed by atoms with van der Waals surface area (Å²) < 4.78 is 5.03. The van der Waals surface area contributed by atoms with E-state index in [1.54, 1.807) is 19.2 Å². The summed E-state index contributed by atoms with van der Waals surface area (Å²) in [6.07, 6.45) is 0. The summed E-state index contributed by atoms with van der Waals surface area (Å²) in [5, 5.41) is 12.3. The highest BCUT2D eigenvalue weighted by molar-refractivity contribution is 5.94. The van der Waals surface area contributed by atoms with Gasteiger partial charge in [0.25, 0.3) is 5.91 Å². The van der Waals surface area contributed by atoms with Crippen LogP contribution in [0, 0.1) is 0 Å². The first-order chi connectivity index (χ1) is 10.2. The number of ether oxygens (including phenoxy) is 1. The average Bonchev–Trinajstić information content (AvgIpc) is 2.54. The van der Waals surface area contributed by atoms with E-state index in [4.69, 9.17) is 4.74 Å². The Morgan fingerprint density at radius 3 is 2.38 bits per heavy atom. The number of methoxy groups -OCH3 is 1. The van der Waals surface area contributed by atoms with Crippen molar-refractivity contribution in [3.05, 3.63) is 71.3 Å². The molecular formula is C17H19NO3. The smallest absolute Gasteiger partial charge is 0.251 e. The molecule has 21 heavy (non-hydrogen) atoms. The molecule has 0 radical (unpaired) electrons. The molecule has 2 aromatic carbocycles. The first-order valence-electron chi connectivity index (χ1n) is 6.79. The van der Waals surface area contributed by atoms with Gasteiger partial charge in [-0.15, -0.1) is 0 Å². The third-order valence-electron chi connectivity index (χ3n) is 3.22. The second-order valence-electron chi connectivity index (χ2n) is 4.75. The third kappa shape index (κ3) is 4.15. The molecular weight excluding hydrogens is 266 g/mol. The summed E-state index contributed by atoms with van der Waals surface area (Å²) in [4.78, 5) is 12.2. The lowest BCUT2D eigenvalue weighted by atomic mass is 10.1. The summed E-state index contributed by atoms with van der Waals surface area (Å²) in [6.45, 7) is 0.378. The highest BCUT2D eigenvalue weighted by atomic mass is 16.5. The minimum Gasteiger partial charge on any atom is -0.394 e. The lowest BCUT2D eigenvalue weighted by Gasteiger charge is -2.16. The van der Waals surface area contributed by atoms with Gasteiger partial charge in [-0.25, -0.2) is 0 Å². The molecule has 0 bridgehead atoms. The van der Waals surface area contributed by atoms with Crippen LogP contribution < -0.4 is 5.32 Å². The van der Waals surface area contributed by atoms with Crippen molar-refractivity contribution in [3.63, 3.8) is 0 Å². The first-order valence-corrected chi connectivity index (χ1v) is 6.79. The molecule has 0 heterocycles. The number of amides is 1. The van der Waals surface area contributed by atoms with Gasteiger partial charge in [-0.1, -0.05) is 42.5 Å². The molecule has 0 fully saturated rings. The minimum atomic E-state index is -0.405. The van der Waals surface area contributed by atoms with Crippen LogP contribution in [0.4, 0.5) is 0 Å². The highest BCUT2D eigenvalue weighted by Gasteiger charge is 2.14. The fourth-order valence-electron chi connectivity index (χ4n) is 2.08. The molecule has 2 N–H and O–H groups in total. The van der Waals surface area contributed by atoms with Crippen LogP contribution >= 0.6 is 0 Å². The Kier molecular flexibility index (Phi) is 5.49. The number of hydrogen-bond acceptors (Lipinski definition) is 3. The van der Waals surface area contributed by atoms with E-state index < -0.39 is 6.04 Å². The van der Waals surface area contributed by atoms with Gasteiger partial charge < -0.3 is 15.2 Å². The van der Waals surface area contributed by atoms with Gasteiger partial charge in [-0.3, -0.25) is 4.79 Å². The van der Waals surface area contributed by atoms with E-state index in [0.29, 0.717) is 12.2 Å². The third-order valence-corrected chi connectivity index (χ3v) is 3.22. The second-order valence-corrected chi connectivity index (χ2v) is 4.75. The van der Waals surface area contributed by atoms with Crippen molar-refractivity contribution in [2.45, 2.75) is 12.6 Å². The van der Waals surface area contributed by atoms with Crippen molar-refractivity contribution >= 4 is 5.91 Å². The molecule has 0 aliphatic heterocycles. The summed E-state index contributed by atoms with van der Waals surface area (Å²) >= 11 is 0. The molecule has 0 saturated heterocycles. The van der Waals surface area contributed by atoms with Crippen LogP contribution in [-0.2, 0) is 11.3 Å². The molecule has 0 unspecified atom stereocenters. The quantitative estimate of drug-likeness (QED) is 0.856. The van der Waals surface area contributed by atoms with Crippen LogP contribution in [-0.4, -0.2) is 24.7 Å². The van der Waals surface area contributed by atoms with Crippen LogP contribution in [0.3, 0.4) is 0 Å². The van der Waals surface area contributed by atoms with Crippen molar-refractivity contribution in [3.8, 4) is 0 Å². The van der Waals surface area contributed by atoms with Crippen molar-refractivity contribution in [2.75, 3.05) is 13.7 Å². The van der Waals surface area contributed by atoms with Crippen molar-refractivity contribution in [1.82, 2.24) is 5.32 Å². The van der Waals surface area contributed by atoms with Gasteiger partial charge in [0.2, 0.25) is 0 Å². The molecule has 2 rings (SSSR count). The number of carbonyl (C=O) groups is 1. The molecule has 0 aliphatic carbocycles. The summed E-state index contributed by atoms with van der Waals surface area (Å²) in [5.74, 6) is -0.207. The van der Waals surface area contributed by atoms with Crippen molar-refractivity contribution in [1.29, 1.82) is 0 Å². The highest BCUT2D eigenvalue weighted by Crippen LogP contribution is 2.13. The normalized spacial score (nSPS) is 11.9. The van der Waals surface area contributed by atoms with E-state index in [-0.39, 0.29) is 12.5 Å². The molecule has 110 valence electrons. The average molecular weight is 285 g/mol. The maximum Gasteiger partial charge on any atom is 0.251 e. The van der Waals surface area contributed by atoms with E-state index in [9.17, 15) is 9.90 Å². The zero-order valence-corrected chi connectivity index (χ0v) is 12.0. The molecule has 0 aromatic heterocycles. The largest absolute Gasteiger partial charge is 0.394 e. The number of aliphatic hydroxyl groups is 1. The van der Waals surface area contributed by atoms with Crippen LogP contribution in [0.1, 0.15) is 27.5 Å². The van der Waals surface area contributed by atoms with Gasteiger partial charge in [0.1, 0.15) is 0 Å². The maximum atomic E-state index is 12.2. The molecule has 1 amide bonds. The summed E-state index contributed by atoms with van der Waals surface area (Å²) in [6, 6.07) is 16.2.